The van der Waals surface area contributed by atoms with Gasteiger partial charge in [-0.2, -0.15) is 0 Å². The van der Waals surface area contributed by atoms with Crippen molar-refractivity contribution in [1.82, 2.24) is 9.97 Å². The van der Waals surface area contributed by atoms with Gasteiger partial charge in [0.1, 0.15) is 18.0 Å². The van der Waals surface area contributed by atoms with E-state index in [9.17, 15) is 4.79 Å². The molecular formula is C10H15N5O. The molecule has 0 aliphatic rings. The molecule has 0 aliphatic carbocycles. The molecule has 0 saturated heterocycles. The highest BCUT2D eigenvalue weighted by molar-refractivity contribution is 6.02. The molecule has 0 spiro atoms. The second-order valence-corrected chi connectivity index (χ2v) is 3.46. The average molecular weight is 221 g/mol. The van der Waals surface area contributed by atoms with Gasteiger partial charge in [0.05, 0.1) is 0 Å². The van der Waals surface area contributed by atoms with Crippen LogP contribution in [0.4, 0.5) is 11.6 Å². The first-order valence-corrected chi connectivity index (χ1v) is 4.74. The maximum atomic E-state index is 11.5. The fraction of sp³-hybridized carbons (Fsp3) is 0.300. The van der Waals surface area contributed by atoms with Gasteiger partial charge in [0.2, 0.25) is 0 Å². The zero-order chi connectivity index (χ0) is 12.1. The van der Waals surface area contributed by atoms with Crippen LogP contribution in [0.2, 0.25) is 0 Å². The van der Waals surface area contributed by atoms with Crippen LogP contribution in [-0.2, 0) is 4.79 Å². The third kappa shape index (κ3) is 2.94. The van der Waals surface area contributed by atoms with E-state index in [0.717, 1.165) is 5.82 Å². The van der Waals surface area contributed by atoms with E-state index in [1.54, 1.807) is 13.0 Å². The number of aromatic nitrogens is 2. The first kappa shape index (κ1) is 12.0. The van der Waals surface area contributed by atoms with Gasteiger partial charge in [0.25, 0.3) is 5.91 Å². The first-order chi connectivity index (χ1) is 7.54. The number of hydrogen-bond donors (Lipinski definition) is 2. The van der Waals surface area contributed by atoms with Crippen molar-refractivity contribution in [2.24, 2.45) is 5.73 Å². The Balaban J connectivity index is 2.82. The van der Waals surface area contributed by atoms with Crippen LogP contribution in [0.3, 0.4) is 0 Å². The van der Waals surface area contributed by atoms with Crippen LogP contribution in [-0.4, -0.2) is 30.0 Å². The molecular weight excluding hydrogens is 206 g/mol. The van der Waals surface area contributed by atoms with Crippen LogP contribution >= 0.6 is 0 Å². The van der Waals surface area contributed by atoms with Crippen molar-refractivity contribution in [3.8, 4) is 0 Å². The Kier molecular flexibility index (Phi) is 3.82. The number of hydrogen-bond acceptors (Lipinski definition) is 5. The minimum Gasteiger partial charge on any atom is -0.404 e. The molecule has 0 radical (unpaired) electrons. The molecule has 0 unspecified atom stereocenters. The summed E-state index contributed by atoms with van der Waals surface area (Å²) in [5.74, 6) is 0.899. The summed E-state index contributed by atoms with van der Waals surface area (Å²) in [6.45, 7) is 1.63. The Morgan fingerprint density at radius 3 is 2.75 bits per heavy atom. The van der Waals surface area contributed by atoms with E-state index in [1.165, 1.54) is 12.5 Å². The highest BCUT2D eigenvalue weighted by atomic mass is 16.1. The second-order valence-electron chi connectivity index (χ2n) is 3.46. The predicted octanol–water partition coefficient (Wildman–Crippen LogP) is 0.344. The predicted molar refractivity (Wildman–Crippen MR) is 62.9 cm³/mol. The molecule has 6 heteroatoms. The molecule has 0 fully saturated rings. The average Bonchev–Trinajstić information content (AvgIpc) is 2.28. The SMILES string of the molecule is CC(=CN)C(=O)Nc1cc(N(C)C)ncn1. The van der Waals surface area contributed by atoms with E-state index in [4.69, 9.17) is 5.73 Å². The molecule has 0 bridgehead atoms. The Morgan fingerprint density at radius 2 is 2.19 bits per heavy atom. The van der Waals surface area contributed by atoms with Crippen molar-refractivity contribution in [1.29, 1.82) is 0 Å². The molecule has 1 aromatic heterocycles. The van der Waals surface area contributed by atoms with Crippen LogP contribution in [0.5, 0.6) is 0 Å². The Morgan fingerprint density at radius 1 is 1.50 bits per heavy atom. The van der Waals surface area contributed by atoms with E-state index in [0.29, 0.717) is 11.4 Å². The van der Waals surface area contributed by atoms with Gasteiger partial charge >= 0.3 is 0 Å². The van der Waals surface area contributed by atoms with E-state index in [-0.39, 0.29) is 5.91 Å². The molecule has 86 valence electrons. The quantitative estimate of drug-likeness (QED) is 0.719. The van der Waals surface area contributed by atoms with Gasteiger partial charge in [-0.3, -0.25) is 4.79 Å². The fourth-order valence-corrected chi connectivity index (χ4v) is 0.951. The summed E-state index contributed by atoms with van der Waals surface area (Å²) < 4.78 is 0. The van der Waals surface area contributed by atoms with Gasteiger partial charge in [-0.05, 0) is 6.92 Å². The molecule has 0 atom stereocenters. The highest BCUT2D eigenvalue weighted by Crippen LogP contribution is 2.11. The Labute approximate surface area is 94.2 Å². The van der Waals surface area contributed by atoms with E-state index in [1.807, 2.05) is 19.0 Å². The van der Waals surface area contributed by atoms with Crippen molar-refractivity contribution in [2.75, 3.05) is 24.3 Å². The Hall–Kier alpha value is -2.11. The largest absolute Gasteiger partial charge is 0.404 e. The van der Waals surface area contributed by atoms with Crippen molar-refractivity contribution in [3.63, 3.8) is 0 Å². The molecule has 0 saturated carbocycles. The summed E-state index contributed by atoms with van der Waals surface area (Å²) in [4.78, 5) is 21.3. The number of anilines is 2. The van der Waals surface area contributed by atoms with Crippen molar-refractivity contribution >= 4 is 17.5 Å². The number of amides is 1. The van der Waals surface area contributed by atoms with Gasteiger partial charge in [0, 0.05) is 31.9 Å². The maximum absolute atomic E-state index is 11.5. The van der Waals surface area contributed by atoms with Crippen LogP contribution in [0, 0.1) is 0 Å². The van der Waals surface area contributed by atoms with Crippen LogP contribution < -0.4 is 16.0 Å². The third-order valence-corrected chi connectivity index (χ3v) is 1.96. The molecule has 0 aliphatic heterocycles. The van der Waals surface area contributed by atoms with Gasteiger partial charge in [-0.25, -0.2) is 9.97 Å². The van der Waals surface area contributed by atoms with Gasteiger partial charge in [-0.1, -0.05) is 0 Å². The fourth-order valence-electron chi connectivity index (χ4n) is 0.951. The number of rotatable bonds is 3. The topological polar surface area (TPSA) is 84.1 Å². The summed E-state index contributed by atoms with van der Waals surface area (Å²) in [6.07, 6.45) is 2.65. The summed E-state index contributed by atoms with van der Waals surface area (Å²) in [7, 11) is 3.72. The zero-order valence-electron chi connectivity index (χ0n) is 9.56. The van der Waals surface area contributed by atoms with E-state index < -0.39 is 0 Å². The van der Waals surface area contributed by atoms with Crippen LogP contribution in [0.15, 0.2) is 24.2 Å². The molecule has 1 rings (SSSR count). The van der Waals surface area contributed by atoms with Crippen molar-refractivity contribution < 1.29 is 4.79 Å². The lowest BCUT2D eigenvalue weighted by Gasteiger charge is -2.11. The number of carbonyl (C=O) groups is 1. The van der Waals surface area contributed by atoms with Crippen molar-refractivity contribution in [3.05, 3.63) is 24.2 Å². The molecule has 1 amide bonds. The molecule has 16 heavy (non-hydrogen) atoms. The number of carbonyl (C=O) groups excluding carboxylic acids is 1. The standard InChI is InChI=1S/C10H15N5O/c1-7(5-11)10(16)14-8-4-9(15(2)3)13-6-12-8/h4-6H,11H2,1-3H3,(H,12,13,14,16). The van der Waals surface area contributed by atoms with Crippen LogP contribution in [0.25, 0.3) is 0 Å². The first-order valence-electron chi connectivity index (χ1n) is 4.74. The molecule has 3 N–H and O–H groups in total. The summed E-state index contributed by atoms with van der Waals surface area (Å²) in [5, 5.41) is 2.62. The third-order valence-electron chi connectivity index (χ3n) is 1.96. The van der Waals surface area contributed by atoms with Gasteiger partial charge in [0.15, 0.2) is 0 Å². The normalized spacial score (nSPS) is 11.1. The number of nitrogens with two attached hydrogens (primary N) is 1. The minimum absolute atomic E-state index is 0.272. The summed E-state index contributed by atoms with van der Waals surface area (Å²) >= 11 is 0. The molecule has 0 aromatic carbocycles. The van der Waals surface area contributed by atoms with E-state index in [2.05, 4.69) is 15.3 Å². The lowest BCUT2D eigenvalue weighted by atomic mass is 10.3. The molecule has 1 aromatic rings. The number of nitrogens with zero attached hydrogens (tertiary/aromatic N) is 3. The second kappa shape index (κ2) is 5.11. The van der Waals surface area contributed by atoms with Crippen molar-refractivity contribution in [2.45, 2.75) is 6.92 Å². The molecule has 1 heterocycles. The summed E-state index contributed by atoms with van der Waals surface area (Å²) in [5.41, 5.74) is 5.68. The number of nitrogens with one attached hydrogen (secondary N) is 1. The summed E-state index contributed by atoms with van der Waals surface area (Å²) in [6, 6.07) is 1.68. The van der Waals surface area contributed by atoms with Gasteiger partial charge in [-0.15, -0.1) is 0 Å². The Bertz CT molecular complexity index is 413. The zero-order valence-corrected chi connectivity index (χ0v) is 9.56. The van der Waals surface area contributed by atoms with Gasteiger partial charge < -0.3 is 16.0 Å². The van der Waals surface area contributed by atoms with Crippen LogP contribution in [0.1, 0.15) is 6.92 Å². The lowest BCUT2D eigenvalue weighted by Crippen LogP contribution is -2.16. The smallest absolute Gasteiger partial charge is 0.253 e. The van der Waals surface area contributed by atoms with E-state index >= 15 is 0 Å². The molecule has 6 nitrogen and oxygen atoms in total. The monoisotopic (exact) mass is 221 g/mol. The lowest BCUT2D eigenvalue weighted by molar-refractivity contribution is -0.112. The highest BCUT2D eigenvalue weighted by Gasteiger charge is 2.06. The maximum Gasteiger partial charge on any atom is 0.253 e. The minimum atomic E-state index is -0.272.